The molecule has 21 heavy (non-hydrogen) atoms. The van der Waals surface area contributed by atoms with Crippen LogP contribution in [0.15, 0.2) is 30.3 Å². The molecule has 0 radical (unpaired) electrons. The minimum absolute atomic E-state index is 0.377. The van der Waals surface area contributed by atoms with E-state index in [1.807, 2.05) is 30.3 Å². The van der Waals surface area contributed by atoms with Gasteiger partial charge in [0.15, 0.2) is 0 Å². The van der Waals surface area contributed by atoms with Crippen LogP contribution in [-0.2, 0) is 11.3 Å². The van der Waals surface area contributed by atoms with E-state index in [2.05, 4.69) is 17.1 Å². The third-order valence-corrected chi connectivity index (χ3v) is 3.85. The van der Waals surface area contributed by atoms with Crippen LogP contribution in [0.1, 0.15) is 25.3 Å². The van der Waals surface area contributed by atoms with Crippen molar-refractivity contribution < 1.29 is 9.84 Å². The van der Waals surface area contributed by atoms with E-state index in [1.165, 1.54) is 12.8 Å². The Balaban J connectivity index is 1.48. The number of rotatable bonds is 11. The van der Waals surface area contributed by atoms with Gasteiger partial charge in [-0.25, -0.2) is 0 Å². The monoisotopic (exact) mass is 292 g/mol. The Labute approximate surface area is 128 Å². The average molecular weight is 292 g/mol. The van der Waals surface area contributed by atoms with Crippen molar-refractivity contribution >= 4 is 0 Å². The molecule has 0 amide bonds. The molecular weight excluding hydrogens is 264 g/mol. The highest BCUT2D eigenvalue weighted by Gasteiger charge is 2.26. The van der Waals surface area contributed by atoms with Crippen LogP contribution in [0.2, 0.25) is 0 Å². The summed E-state index contributed by atoms with van der Waals surface area (Å²) in [4.78, 5) is 2.51. The predicted molar refractivity (Wildman–Crippen MR) is 85.2 cm³/mol. The standard InChI is InChI=1S/C17H28N2O2/c1-2-19(16-8-9-16)11-10-18-12-17(20)14-21-13-15-6-4-3-5-7-15/h3-7,16-18,20H,2,8-14H2,1H3. The van der Waals surface area contributed by atoms with Crippen molar-refractivity contribution in [1.82, 2.24) is 10.2 Å². The Kier molecular flexibility index (Phi) is 7.16. The van der Waals surface area contributed by atoms with Crippen molar-refractivity contribution in [2.24, 2.45) is 0 Å². The molecular formula is C17H28N2O2. The van der Waals surface area contributed by atoms with Gasteiger partial charge in [0.2, 0.25) is 0 Å². The fraction of sp³-hybridized carbons (Fsp3) is 0.647. The highest BCUT2D eigenvalue weighted by Crippen LogP contribution is 2.25. The first-order chi connectivity index (χ1) is 10.3. The van der Waals surface area contributed by atoms with Crippen molar-refractivity contribution in [2.45, 2.75) is 38.5 Å². The van der Waals surface area contributed by atoms with Gasteiger partial charge in [-0.1, -0.05) is 37.3 Å². The lowest BCUT2D eigenvalue weighted by Gasteiger charge is -2.20. The molecule has 2 N–H and O–H groups in total. The largest absolute Gasteiger partial charge is 0.389 e. The quantitative estimate of drug-likeness (QED) is 0.609. The number of benzene rings is 1. The van der Waals surface area contributed by atoms with E-state index in [0.29, 0.717) is 19.8 Å². The third kappa shape index (κ3) is 6.57. The average Bonchev–Trinajstić information content (AvgIpc) is 3.33. The predicted octanol–water partition coefficient (Wildman–Crippen LogP) is 1.64. The number of aliphatic hydroxyl groups is 1. The minimum atomic E-state index is -0.440. The number of ether oxygens (including phenoxy) is 1. The van der Waals surface area contributed by atoms with E-state index in [-0.39, 0.29) is 0 Å². The molecule has 0 saturated heterocycles. The first-order valence-corrected chi connectivity index (χ1v) is 8.04. The molecule has 4 heteroatoms. The van der Waals surface area contributed by atoms with Crippen LogP contribution in [0.5, 0.6) is 0 Å². The number of nitrogens with zero attached hydrogens (tertiary/aromatic N) is 1. The number of aliphatic hydroxyl groups excluding tert-OH is 1. The SMILES string of the molecule is CCN(CCNCC(O)COCc1ccccc1)C1CC1. The summed E-state index contributed by atoms with van der Waals surface area (Å²) >= 11 is 0. The van der Waals surface area contributed by atoms with E-state index < -0.39 is 6.10 Å². The van der Waals surface area contributed by atoms with E-state index in [1.54, 1.807) is 0 Å². The molecule has 1 aromatic rings. The van der Waals surface area contributed by atoms with Crippen LogP contribution in [0.4, 0.5) is 0 Å². The number of likely N-dealkylation sites (N-methyl/N-ethyl adjacent to an activating group) is 1. The van der Waals surface area contributed by atoms with Crippen LogP contribution in [0, 0.1) is 0 Å². The van der Waals surface area contributed by atoms with Crippen LogP contribution in [0.25, 0.3) is 0 Å². The molecule has 1 unspecified atom stereocenters. The first-order valence-electron chi connectivity index (χ1n) is 8.04. The van der Waals surface area contributed by atoms with Crippen LogP contribution < -0.4 is 5.32 Å². The summed E-state index contributed by atoms with van der Waals surface area (Å²) in [5.74, 6) is 0. The Morgan fingerprint density at radius 1 is 1.33 bits per heavy atom. The van der Waals surface area contributed by atoms with Gasteiger partial charge in [-0.2, -0.15) is 0 Å². The molecule has 118 valence electrons. The Morgan fingerprint density at radius 2 is 2.10 bits per heavy atom. The van der Waals surface area contributed by atoms with Crippen molar-refractivity contribution in [3.8, 4) is 0 Å². The zero-order valence-corrected chi connectivity index (χ0v) is 13.0. The maximum atomic E-state index is 9.87. The smallest absolute Gasteiger partial charge is 0.0897 e. The fourth-order valence-corrected chi connectivity index (χ4v) is 2.48. The van der Waals surface area contributed by atoms with Crippen molar-refractivity contribution in [3.63, 3.8) is 0 Å². The molecule has 0 heterocycles. The van der Waals surface area contributed by atoms with E-state index in [4.69, 9.17) is 4.74 Å². The van der Waals surface area contributed by atoms with Gasteiger partial charge in [0.25, 0.3) is 0 Å². The third-order valence-electron chi connectivity index (χ3n) is 3.85. The fourth-order valence-electron chi connectivity index (χ4n) is 2.48. The summed E-state index contributed by atoms with van der Waals surface area (Å²) in [7, 11) is 0. The maximum absolute atomic E-state index is 9.87. The van der Waals surface area contributed by atoms with Gasteiger partial charge in [0, 0.05) is 25.7 Å². The van der Waals surface area contributed by atoms with Gasteiger partial charge in [0.05, 0.1) is 19.3 Å². The normalized spacial score (nSPS) is 16.3. The van der Waals surface area contributed by atoms with E-state index in [9.17, 15) is 5.11 Å². The van der Waals surface area contributed by atoms with Crippen molar-refractivity contribution in [3.05, 3.63) is 35.9 Å². The summed E-state index contributed by atoms with van der Waals surface area (Å²) in [6.45, 7) is 6.86. The molecule has 0 aliphatic heterocycles. The summed E-state index contributed by atoms with van der Waals surface area (Å²) in [6, 6.07) is 10.9. The zero-order valence-electron chi connectivity index (χ0n) is 13.0. The van der Waals surface area contributed by atoms with Gasteiger partial charge in [-0.15, -0.1) is 0 Å². The zero-order chi connectivity index (χ0) is 14.9. The van der Waals surface area contributed by atoms with Gasteiger partial charge in [-0.05, 0) is 24.9 Å². The highest BCUT2D eigenvalue weighted by atomic mass is 16.5. The maximum Gasteiger partial charge on any atom is 0.0897 e. The molecule has 1 atom stereocenters. The molecule has 1 aliphatic carbocycles. The highest BCUT2D eigenvalue weighted by molar-refractivity contribution is 5.13. The van der Waals surface area contributed by atoms with Crippen molar-refractivity contribution in [1.29, 1.82) is 0 Å². The Hall–Kier alpha value is -0.940. The van der Waals surface area contributed by atoms with E-state index in [0.717, 1.165) is 31.2 Å². The second-order valence-corrected chi connectivity index (χ2v) is 5.72. The minimum Gasteiger partial charge on any atom is -0.389 e. The molecule has 0 bridgehead atoms. The topological polar surface area (TPSA) is 44.7 Å². The van der Waals surface area contributed by atoms with Gasteiger partial charge >= 0.3 is 0 Å². The van der Waals surface area contributed by atoms with Crippen LogP contribution in [-0.4, -0.2) is 54.9 Å². The summed E-state index contributed by atoms with van der Waals surface area (Å²) in [5.41, 5.74) is 1.14. The summed E-state index contributed by atoms with van der Waals surface area (Å²) < 4.78 is 5.53. The van der Waals surface area contributed by atoms with Gasteiger partial charge < -0.3 is 15.2 Å². The lowest BCUT2D eigenvalue weighted by molar-refractivity contribution is 0.0287. The lowest BCUT2D eigenvalue weighted by Crippen LogP contribution is -2.37. The molecule has 2 rings (SSSR count). The van der Waals surface area contributed by atoms with E-state index >= 15 is 0 Å². The van der Waals surface area contributed by atoms with Gasteiger partial charge in [0.1, 0.15) is 0 Å². The Bertz CT molecular complexity index is 382. The molecule has 1 saturated carbocycles. The molecule has 1 aromatic carbocycles. The number of hydrogen-bond acceptors (Lipinski definition) is 4. The second-order valence-electron chi connectivity index (χ2n) is 5.72. The summed E-state index contributed by atoms with van der Waals surface area (Å²) in [6.07, 6.45) is 2.26. The molecule has 0 aromatic heterocycles. The number of hydrogen-bond donors (Lipinski definition) is 2. The second kappa shape index (κ2) is 9.15. The molecule has 4 nitrogen and oxygen atoms in total. The lowest BCUT2D eigenvalue weighted by atomic mass is 10.2. The molecule has 1 aliphatic rings. The first kappa shape index (κ1) is 16.4. The van der Waals surface area contributed by atoms with Crippen molar-refractivity contribution in [2.75, 3.05) is 32.8 Å². The molecule has 0 spiro atoms. The van der Waals surface area contributed by atoms with Gasteiger partial charge in [-0.3, -0.25) is 4.90 Å². The summed E-state index contributed by atoms with van der Waals surface area (Å²) in [5, 5.41) is 13.2. The van der Waals surface area contributed by atoms with Crippen LogP contribution in [0.3, 0.4) is 0 Å². The number of nitrogens with one attached hydrogen (secondary N) is 1. The molecule has 1 fully saturated rings. The Morgan fingerprint density at radius 3 is 2.76 bits per heavy atom. The van der Waals surface area contributed by atoms with Crippen LogP contribution >= 0.6 is 0 Å².